The van der Waals surface area contributed by atoms with E-state index in [9.17, 15) is 18.0 Å². The van der Waals surface area contributed by atoms with Gasteiger partial charge in [0.15, 0.2) is 0 Å². The number of fused-ring (bicyclic) bond motifs is 1. The molecule has 0 atom stereocenters. The molecule has 0 bridgehead atoms. The zero-order valence-corrected chi connectivity index (χ0v) is 15.7. The normalized spacial score (nSPS) is 23.0. The van der Waals surface area contributed by atoms with E-state index in [1.54, 1.807) is 24.3 Å². The van der Waals surface area contributed by atoms with Gasteiger partial charge < -0.3 is 0 Å². The monoisotopic (exact) mass is 380 g/mol. The van der Waals surface area contributed by atoms with Crippen LogP contribution in [0.5, 0.6) is 0 Å². The Hall–Kier alpha value is -1.64. The van der Waals surface area contributed by atoms with Gasteiger partial charge in [-0.15, -0.1) is 0 Å². The van der Waals surface area contributed by atoms with Gasteiger partial charge in [0.2, 0.25) is 10.0 Å². The number of nitrogens with zero attached hydrogens (tertiary/aromatic N) is 1. The van der Waals surface area contributed by atoms with Gasteiger partial charge in [-0.3, -0.25) is 14.9 Å². The molecule has 1 saturated heterocycles. The van der Waals surface area contributed by atoms with Crippen LogP contribution in [0.2, 0.25) is 0 Å². The number of imide groups is 1. The lowest BCUT2D eigenvalue weighted by Gasteiger charge is -2.32. The lowest BCUT2D eigenvalue weighted by Crippen LogP contribution is -2.40. The van der Waals surface area contributed by atoms with Crippen LogP contribution in [0, 0.1) is 5.92 Å². The van der Waals surface area contributed by atoms with Gasteiger partial charge in [0.25, 0.3) is 11.1 Å². The summed E-state index contributed by atoms with van der Waals surface area (Å²) in [5.41, 5.74) is 1.11. The van der Waals surface area contributed by atoms with E-state index in [-0.39, 0.29) is 17.4 Å². The van der Waals surface area contributed by atoms with Crippen molar-refractivity contribution >= 4 is 38.5 Å². The molecular weight excluding hydrogens is 360 g/mol. The van der Waals surface area contributed by atoms with Gasteiger partial charge in [-0.25, -0.2) is 8.42 Å². The molecule has 2 aliphatic rings. The Morgan fingerprint density at radius 3 is 2.48 bits per heavy atom. The van der Waals surface area contributed by atoms with E-state index in [2.05, 4.69) is 5.32 Å². The zero-order chi connectivity index (χ0) is 18.2. The number of carbonyl (C=O) groups excluding carboxylic acids is 2. The number of carbonyl (C=O) groups is 2. The zero-order valence-electron chi connectivity index (χ0n) is 14.1. The van der Waals surface area contributed by atoms with Gasteiger partial charge in [0.05, 0.1) is 9.80 Å². The van der Waals surface area contributed by atoms with Crippen LogP contribution in [0.3, 0.4) is 0 Å². The maximum atomic E-state index is 13.0. The second-order valence-corrected chi connectivity index (χ2v) is 9.02. The average molecular weight is 380 g/mol. The number of sulfonamides is 1. The molecule has 1 N–H and O–H groups in total. The first-order valence-corrected chi connectivity index (χ1v) is 10.5. The van der Waals surface area contributed by atoms with Crippen LogP contribution in [0.15, 0.2) is 34.1 Å². The Balaban J connectivity index is 2.14. The largest absolute Gasteiger partial charge is 0.290 e. The minimum Gasteiger partial charge on any atom is -0.282 e. The smallest absolute Gasteiger partial charge is 0.282 e. The van der Waals surface area contributed by atoms with E-state index in [1.807, 2.05) is 13.8 Å². The molecule has 0 unspecified atom stereocenters. The van der Waals surface area contributed by atoms with Crippen LogP contribution in [0.25, 0.3) is 5.57 Å². The maximum Gasteiger partial charge on any atom is 0.290 e. The Bertz CT molecular complexity index is 857. The topological polar surface area (TPSA) is 83.6 Å². The number of benzene rings is 1. The summed E-state index contributed by atoms with van der Waals surface area (Å²) in [7, 11) is -3.62. The lowest BCUT2D eigenvalue weighted by molar-refractivity contribution is -0.115. The molecular formula is C17H20N2O4S2. The van der Waals surface area contributed by atoms with Crippen molar-refractivity contribution in [2.75, 3.05) is 13.1 Å². The van der Waals surface area contributed by atoms with Crippen molar-refractivity contribution < 1.29 is 18.0 Å². The van der Waals surface area contributed by atoms with Crippen LogP contribution in [-0.2, 0) is 14.8 Å². The van der Waals surface area contributed by atoms with E-state index in [1.165, 1.54) is 4.31 Å². The van der Waals surface area contributed by atoms with E-state index >= 15 is 0 Å². The molecule has 0 saturated carbocycles. The number of amides is 2. The number of thioether (sulfide) groups is 1. The maximum absolute atomic E-state index is 13.0. The average Bonchev–Trinajstić information content (AvgIpc) is 2.92. The van der Waals surface area contributed by atoms with Crippen molar-refractivity contribution in [1.29, 1.82) is 0 Å². The summed E-state index contributed by atoms with van der Waals surface area (Å²) in [6.07, 6.45) is 1.76. The molecule has 1 aromatic rings. The second-order valence-electron chi connectivity index (χ2n) is 6.13. The van der Waals surface area contributed by atoms with Gasteiger partial charge in [0, 0.05) is 18.7 Å². The van der Waals surface area contributed by atoms with Crippen molar-refractivity contribution in [2.24, 2.45) is 5.92 Å². The molecule has 2 amide bonds. The first-order valence-electron chi connectivity index (χ1n) is 8.24. The molecule has 134 valence electrons. The van der Waals surface area contributed by atoms with Gasteiger partial charge >= 0.3 is 0 Å². The van der Waals surface area contributed by atoms with Gasteiger partial charge in [-0.05, 0) is 29.3 Å². The highest BCUT2D eigenvalue weighted by atomic mass is 32.2. The van der Waals surface area contributed by atoms with Crippen molar-refractivity contribution in [3.8, 4) is 0 Å². The Morgan fingerprint density at radius 2 is 1.88 bits per heavy atom. The molecule has 0 aliphatic carbocycles. The Labute approximate surface area is 151 Å². The highest BCUT2D eigenvalue weighted by Gasteiger charge is 2.39. The molecule has 6 nitrogen and oxygen atoms in total. The summed E-state index contributed by atoms with van der Waals surface area (Å²) in [5.74, 6) is -0.209. The Kier molecular flexibility index (Phi) is 5.04. The third-order valence-corrected chi connectivity index (χ3v) is 7.46. The van der Waals surface area contributed by atoms with Crippen LogP contribution in [-0.4, -0.2) is 37.0 Å². The highest BCUT2D eigenvalue weighted by molar-refractivity contribution is 8.18. The number of nitrogens with one attached hydrogen (secondary N) is 1. The van der Waals surface area contributed by atoms with Crippen LogP contribution in [0.1, 0.15) is 32.3 Å². The second kappa shape index (κ2) is 6.93. The van der Waals surface area contributed by atoms with E-state index < -0.39 is 21.2 Å². The first-order chi connectivity index (χ1) is 11.9. The number of rotatable bonds is 4. The summed E-state index contributed by atoms with van der Waals surface area (Å²) in [5, 5.41) is 1.83. The van der Waals surface area contributed by atoms with Crippen LogP contribution in [0.4, 0.5) is 4.79 Å². The minimum absolute atomic E-state index is 0.110. The van der Waals surface area contributed by atoms with Crippen molar-refractivity contribution in [3.05, 3.63) is 34.7 Å². The molecule has 3 rings (SSSR count). The summed E-state index contributed by atoms with van der Waals surface area (Å²) < 4.78 is 27.5. The standard InChI is InChI=1S/C17H20N2O4S2/c1-3-11(4-2)9-19-10-13(15-16(20)18-17(21)24-15)12-7-5-6-8-14(12)25(19,22)23/h5-8,11H,3-4,9-10H2,1-2H3,(H,18,20,21)/b15-13-. The molecule has 25 heavy (non-hydrogen) atoms. The van der Waals surface area contributed by atoms with Gasteiger partial charge in [-0.2, -0.15) is 4.31 Å². The van der Waals surface area contributed by atoms with Crippen LogP contribution < -0.4 is 5.32 Å². The molecule has 0 radical (unpaired) electrons. The summed E-state index contributed by atoms with van der Waals surface area (Å²) in [4.78, 5) is 24.2. The third-order valence-electron chi connectivity index (χ3n) is 4.67. The van der Waals surface area contributed by atoms with Gasteiger partial charge in [-0.1, -0.05) is 44.9 Å². The SMILES string of the molecule is CCC(CC)CN1C/C(=C2/SC(=O)NC2=O)c2ccccc2S1(=O)=O. The quantitative estimate of drug-likeness (QED) is 0.812. The van der Waals surface area contributed by atoms with E-state index in [0.29, 0.717) is 22.6 Å². The van der Waals surface area contributed by atoms with E-state index in [0.717, 1.165) is 24.6 Å². The van der Waals surface area contributed by atoms with Crippen molar-refractivity contribution in [3.63, 3.8) is 0 Å². The molecule has 8 heteroatoms. The van der Waals surface area contributed by atoms with Gasteiger partial charge in [0.1, 0.15) is 0 Å². The van der Waals surface area contributed by atoms with Crippen LogP contribution >= 0.6 is 11.8 Å². The van der Waals surface area contributed by atoms with Crippen molar-refractivity contribution in [2.45, 2.75) is 31.6 Å². The molecule has 0 spiro atoms. The number of hydrogen-bond acceptors (Lipinski definition) is 5. The molecule has 0 aromatic heterocycles. The summed E-state index contributed by atoms with van der Waals surface area (Å²) in [6, 6.07) is 6.67. The predicted molar refractivity (Wildman–Crippen MR) is 97.3 cm³/mol. The summed E-state index contributed by atoms with van der Waals surface area (Å²) in [6.45, 7) is 4.59. The molecule has 1 aromatic carbocycles. The minimum atomic E-state index is -3.62. The molecule has 2 aliphatic heterocycles. The predicted octanol–water partition coefficient (Wildman–Crippen LogP) is 2.82. The fourth-order valence-electron chi connectivity index (χ4n) is 3.13. The molecule has 1 fully saturated rings. The Morgan fingerprint density at radius 1 is 1.20 bits per heavy atom. The first kappa shape index (κ1) is 18.2. The molecule has 2 heterocycles. The fourth-order valence-corrected chi connectivity index (χ4v) is 5.61. The fraction of sp³-hybridized carbons (Fsp3) is 0.412. The highest BCUT2D eigenvalue weighted by Crippen LogP contribution is 2.39. The van der Waals surface area contributed by atoms with Crippen molar-refractivity contribution in [1.82, 2.24) is 9.62 Å². The third kappa shape index (κ3) is 3.26. The van der Waals surface area contributed by atoms with E-state index in [4.69, 9.17) is 0 Å². The number of hydrogen-bond donors (Lipinski definition) is 1. The lowest BCUT2D eigenvalue weighted by atomic mass is 10.0. The summed E-state index contributed by atoms with van der Waals surface area (Å²) >= 11 is 0.835.